The van der Waals surface area contributed by atoms with Gasteiger partial charge in [-0.25, -0.2) is 5.06 Å². The number of thiocarbonyl (C=S) groups is 1. The number of carbonyl (C=O) groups excluding carboxylic acids is 1. The van der Waals surface area contributed by atoms with E-state index in [1.165, 1.54) is 16.8 Å². The first-order valence-electron chi connectivity index (χ1n) is 8.80. The Morgan fingerprint density at radius 3 is 2.27 bits per heavy atom. The van der Waals surface area contributed by atoms with Crippen LogP contribution < -0.4 is 0 Å². The number of rotatable bonds is 5. The monoisotopic (exact) mass is 393 g/mol. The van der Waals surface area contributed by atoms with Crippen molar-refractivity contribution in [3.63, 3.8) is 0 Å². The summed E-state index contributed by atoms with van der Waals surface area (Å²) in [5.41, 5.74) is 3.93. The smallest absolute Gasteiger partial charge is 0.282 e. The second kappa shape index (κ2) is 8.11. The lowest BCUT2D eigenvalue weighted by atomic mass is 9.91. The lowest BCUT2D eigenvalue weighted by Crippen LogP contribution is -2.44. The third kappa shape index (κ3) is 3.82. The van der Waals surface area contributed by atoms with E-state index in [9.17, 15) is 4.79 Å². The molecule has 0 spiro atoms. The topological polar surface area (TPSA) is 38.8 Å². The van der Waals surface area contributed by atoms with Gasteiger partial charge in [-0.1, -0.05) is 36.4 Å². The lowest BCUT2D eigenvalue weighted by Gasteiger charge is -2.31. The van der Waals surface area contributed by atoms with E-state index in [1.54, 1.807) is 0 Å². The van der Waals surface area contributed by atoms with Gasteiger partial charge in [-0.3, -0.25) is 9.63 Å². The number of amides is 1. The van der Waals surface area contributed by atoms with E-state index in [4.69, 9.17) is 21.8 Å². The molecule has 0 saturated heterocycles. The predicted octanol–water partition coefficient (Wildman–Crippen LogP) is 4.95. The maximum atomic E-state index is 13.3. The molecule has 0 bridgehead atoms. The summed E-state index contributed by atoms with van der Waals surface area (Å²) < 4.78 is 6.47. The number of hydrogen-bond donors (Lipinski definition) is 0. The van der Waals surface area contributed by atoms with Crippen molar-refractivity contribution in [3.05, 3.63) is 40.1 Å². The minimum absolute atomic E-state index is 0.189. The number of nitrogens with zero attached hydrogens (tertiary/aromatic N) is 1. The van der Waals surface area contributed by atoms with Crippen LogP contribution >= 0.6 is 24.0 Å². The van der Waals surface area contributed by atoms with Crippen molar-refractivity contribution in [2.45, 2.75) is 54.0 Å². The first kappa shape index (κ1) is 20.9. The van der Waals surface area contributed by atoms with E-state index in [2.05, 4.69) is 19.1 Å². The SMILES string of the molecule is CCON1C(=O)C(c2c(C)cc(C)cc2C)=C(OC(=S)SCC)C1(C)C. The summed E-state index contributed by atoms with van der Waals surface area (Å²) in [5, 5.41) is 1.41. The minimum Gasteiger partial charge on any atom is -0.441 e. The highest BCUT2D eigenvalue weighted by Gasteiger charge is 2.49. The van der Waals surface area contributed by atoms with Crippen molar-refractivity contribution < 1.29 is 14.4 Å². The van der Waals surface area contributed by atoms with Gasteiger partial charge in [-0.15, -0.1) is 0 Å². The van der Waals surface area contributed by atoms with Crippen LogP contribution in [0.25, 0.3) is 5.57 Å². The molecule has 2 rings (SSSR count). The Labute approximate surface area is 165 Å². The van der Waals surface area contributed by atoms with Crippen molar-refractivity contribution in [1.82, 2.24) is 5.06 Å². The molecule has 0 unspecified atom stereocenters. The van der Waals surface area contributed by atoms with E-state index in [-0.39, 0.29) is 5.91 Å². The molecule has 6 heteroatoms. The molecule has 1 aliphatic rings. The second-order valence-corrected chi connectivity index (χ2v) is 8.71. The van der Waals surface area contributed by atoms with Crippen molar-refractivity contribution in [2.24, 2.45) is 0 Å². The Hall–Kier alpha value is -1.37. The Morgan fingerprint density at radius 2 is 1.77 bits per heavy atom. The maximum Gasteiger partial charge on any atom is 0.282 e. The second-order valence-electron chi connectivity index (χ2n) is 6.84. The highest BCUT2D eigenvalue weighted by Crippen LogP contribution is 2.43. The largest absolute Gasteiger partial charge is 0.441 e. The molecule has 0 fully saturated rings. The van der Waals surface area contributed by atoms with Gasteiger partial charge in [0.05, 0.1) is 12.2 Å². The molecule has 0 radical (unpaired) electrons. The fourth-order valence-corrected chi connectivity index (χ4v) is 4.22. The van der Waals surface area contributed by atoms with Gasteiger partial charge in [-0.2, -0.15) is 0 Å². The Balaban J connectivity index is 2.69. The summed E-state index contributed by atoms with van der Waals surface area (Å²) in [4.78, 5) is 18.9. The van der Waals surface area contributed by atoms with Crippen LogP contribution in [-0.2, 0) is 14.4 Å². The lowest BCUT2D eigenvalue weighted by molar-refractivity contribution is -0.200. The van der Waals surface area contributed by atoms with E-state index >= 15 is 0 Å². The summed E-state index contributed by atoms with van der Waals surface area (Å²) in [6, 6.07) is 4.16. The van der Waals surface area contributed by atoms with Crippen LogP contribution in [0.15, 0.2) is 17.9 Å². The van der Waals surface area contributed by atoms with E-state index in [0.29, 0.717) is 22.3 Å². The maximum absolute atomic E-state index is 13.3. The molecule has 4 nitrogen and oxygen atoms in total. The summed E-state index contributed by atoms with van der Waals surface area (Å²) in [7, 11) is 0. The van der Waals surface area contributed by atoms with Crippen molar-refractivity contribution in [2.75, 3.05) is 12.4 Å². The fraction of sp³-hybridized carbons (Fsp3) is 0.500. The average Bonchev–Trinajstić information content (AvgIpc) is 2.69. The van der Waals surface area contributed by atoms with Crippen molar-refractivity contribution in [1.29, 1.82) is 0 Å². The molecule has 0 aromatic heterocycles. The number of hydroxylamine groups is 2. The molecule has 1 amide bonds. The highest BCUT2D eigenvalue weighted by atomic mass is 32.2. The molecule has 0 atom stereocenters. The number of benzene rings is 1. The Kier molecular flexibility index (Phi) is 6.53. The van der Waals surface area contributed by atoms with Crippen LogP contribution in [-0.4, -0.2) is 33.3 Å². The summed E-state index contributed by atoms with van der Waals surface area (Å²) >= 11 is 6.81. The van der Waals surface area contributed by atoms with Crippen molar-refractivity contribution >= 4 is 39.8 Å². The van der Waals surface area contributed by atoms with E-state index in [1.807, 2.05) is 41.5 Å². The molecular formula is C20H27NO3S2. The van der Waals surface area contributed by atoms with Crippen LogP contribution in [0.1, 0.15) is 49.9 Å². The van der Waals surface area contributed by atoms with Crippen LogP contribution in [0.3, 0.4) is 0 Å². The normalized spacial score (nSPS) is 16.4. The summed E-state index contributed by atoms with van der Waals surface area (Å²) in [5.74, 6) is 1.18. The Bertz CT molecular complexity index is 745. The van der Waals surface area contributed by atoms with Gasteiger partial charge >= 0.3 is 0 Å². The molecule has 0 N–H and O–H groups in total. The highest BCUT2D eigenvalue weighted by molar-refractivity contribution is 8.22. The fourth-order valence-electron chi connectivity index (χ4n) is 3.40. The summed E-state index contributed by atoms with van der Waals surface area (Å²) in [6.07, 6.45) is 0. The molecule has 1 aromatic rings. The number of carbonyl (C=O) groups is 1. The van der Waals surface area contributed by atoms with Gasteiger partial charge in [-0.05, 0) is 76.2 Å². The zero-order valence-corrected chi connectivity index (χ0v) is 18.2. The molecule has 1 heterocycles. The number of ether oxygens (including phenoxy) is 1. The molecule has 0 saturated carbocycles. The zero-order valence-electron chi connectivity index (χ0n) is 16.6. The van der Waals surface area contributed by atoms with Gasteiger partial charge in [0.1, 0.15) is 11.3 Å². The molecule has 1 aliphatic heterocycles. The van der Waals surface area contributed by atoms with Gasteiger partial charge in [0, 0.05) is 0 Å². The molecular weight excluding hydrogens is 366 g/mol. The Morgan fingerprint density at radius 1 is 1.19 bits per heavy atom. The first-order chi connectivity index (χ1) is 12.1. The zero-order chi connectivity index (χ0) is 19.6. The molecule has 26 heavy (non-hydrogen) atoms. The number of thioether (sulfide) groups is 1. The third-order valence-electron chi connectivity index (χ3n) is 4.32. The molecule has 1 aromatic carbocycles. The standard InChI is InChI=1S/C20H27NO3S2/c1-8-23-21-18(22)16(15-13(4)10-12(3)11-14(15)5)17(20(21,6)7)24-19(25)26-9-2/h10-11H,8-9H2,1-7H3. The van der Waals surface area contributed by atoms with Gasteiger partial charge in [0.25, 0.3) is 5.91 Å². The van der Waals surface area contributed by atoms with Crippen LogP contribution in [0, 0.1) is 20.8 Å². The van der Waals surface area contributed by atoms with Gasteiger partial charge in [0.2, 0.25) is 4.38 Å². The quantitative estimate of drug-likeness (QED) is 0.662. The third-order valence-corrected chi connectivity index (χ3v) is 5.37. The van der Waals surface area contributed by atoms with Crippen LogP contribution in [0.2, 0.25) is 0 Å². The molecule has 0 aliphatic carbocycles. The minimum atomic E-state index is -0.745. The van der Waals surface area contributed by atoms with Gasteiger partial charge in [0.15, 0.2) is 0 Å². The van der Waals surface area contributed by atoms with Gasteiger partial charge < -0.3 is 4.74 Å². The van der Waals surface area contributed by atoms with Crippen LogP contribution in [0.4, 0.5) is 0 Å². The molecule has 142 valence electrons. The van der Waals surface area contributed by atoms with E-state index in [0.717, 1.165) is 28.0 Å². The summed E-state index contributed by atoms with van der Waals surface area (Å²) in [6.45, 7) is 14.2. The number of aryl methyl sites for hydroxylation is 3. The number of hydrogen-bond acceptors (Lipinski definition) is 5. The van der Waals surface area contributed by atoms with E-state index < -0.39 is 5.54 Å². The van der Waals surface area contributed by atoms with Crippen molar-refractivity contribution in [3.8, 4) is 0 Å². The predicted molar refractivity (Wildman–Crippen MR) is 112 cm³/mol. The first-order valence-corrected chi connectivity index (χ1v) is 10.2. The van der Waals surface area contributed by atoms with Crippen LogP contribution in [0.5, 0.6) is 0 Å². The average molecular weight is 394 g/mol.